The number of halogens is 3. The second-order valence-corrected chi connectivity index (χ2v) is 4.87. The molecular formula is C16H8F3N3O3. The highest BCUT2D eigenvalue weighted by atomic mass is 19.4. The fourth-order valence-electron chi connectivity index (χ4n) is 2.21. The molecule has 0 radical (unpaired) electrons. The molecule has 3 aromatic rings. The van der Waals surface area contributed by atoms with Crippen molar-refractivity contribution in [2.45, 2.75) is 6.18 Å². The van der Waals surface area contributed by atoms with Gasteiger partial charge < -0.3 is 4.74 Å². The van der Waals surface area contributed by atoms with Gasteiger partial charge in [-0.05, 0) is 24.3 Å². The molecule has 0 aliphatic carbocycles. The summed E-state index contributed by atoms with van der Waals surface area (Å²) < 4.78 is 42.9. The van der Waals surface area contributed by atoms with Crippen molar-refractivity contribution in [2.24, 2.45) is 0 Å². The van der Waals surface area contributed by atoms with Crippen molar-refractivity contribution in [3.8, 4) is 11.3 Å². The fourth-order valence-corrected chi connectivity index (χ4v) is 2.21. The number of nitrogens with zero attached hydrogens (tertiary/aromatic N) is 3. The zero-order valence-electron chi connectivity index (χ0n) is 12.3. The summed E-state index contributed by atoms with van der Waals surface area (Å²) >= 11 is 0. The first-order valence-electron chi connectivity index (χ1n) is 6.84. The number of aromatic nitrogens is 3. The van der Waals surface area contributed by atoms with Gasteiger partial charge in [0, 0.05) is 5.56 Å². The Morgan fingerprint density at radius 3 is 2.64 bits per heavy atom. The number of rotatable bonds is 3. The molecule has 0 saturated carbocycles. The van der Waals surface area contributed by atoms with Crippen LogP contribution >= 0.6 is 0 Å². The van der Waals surface area contributed by atoms with Crippen LogP contribution in [-0.2, 0) is 15.7 Å². The maximum atomic E-state index is 12.9. The summed E-state index contributed by atoms with van der Waals surface area (Å²) in [6, 6.07) is 7.28. The second kappa shape index (κ2) is 6.27. The third kappa shape index (κ3) is 3.30. The van der Waals surface area contributed by atoms with Crippen LogP contribution in [0.3, 0.4) is 0 Å². The molecular weight excluding hydrogens is 339 g/mol. The molecule has 0 aliphatic heterocycles. The minimum atomic E-state index is -4.51. The summed E-state index contributed by atoms with van der Waals surface area (Å²) in [6.45, 7) is -0.0383. The predicted molar refractivity (Wildman–Crippen MR) is 79.3 cm³/mol. The first kappa shape index (κ1) is 16.5. The van der Waals surface area contributed by atoms with Crippen molar-refractivity contribution in [1.82, 2.24) is 15.0 Å². The van der Waals surface area contributed by atoms with E-state index in [2.05, 4.69) is 19.7 Å². The molecule has 0 bridgehead atoms. The van der Waals surface area contributed by atoms with Gasteiger partial charge in [-0.25, -0.2) is 19.7 Å². The summed E-state index contributed by atoms with van der Waals surface area (Å²) in [4.78, 5) is 33.9. The highest BCUT2D eigenvalue weighted by molar-refractivity contribution is 5.96. The van der Waals surface area contributed by atoms with E-state index in [1.807, 2.05) is 0 Å². The zero-order chi connectivity index (χ0) is 18.0. The first-order chi connectivity index (χ1) is 11.9. The lowest BCUT2D eigenvalue weighted by molar-refractivity contribution is -0.137. The third-order valence-electron chi connectivity index (χ3n) is 3.31. The molecule has 0 aliphatic rings. The molecule has 0 unspecified atom stereocenters. The molecule has 0 atom stereocenters. The van der Waals surface area contributed by atoms with Crippen LogP contribution in [0.1, 0.15) is 16.1 Å². The summed E-state index contributed by atoms with van der Waals surface area (Å²) in [5.41, 5.74) is -0.310. The lowest BCUT2D eigenvalue weighted by Gasteiger charge is -2.09. The summed E-state index contributed by atoms with van der Waals surface area (Å²) in [5, 5.41) is 0. The Labute approximate surface area is 138 Å². The Bertz CT molecular complexity index is 973. The number of ether oxygens (including phenoxy) is 1. The average molecular weight is 347 g/mol. The number of fused-ring (bicyclic) bond motifs is 1. The summed E-state index contributed by atoms with van der Waals surface area (Å²) in [5.74, 6) is -0.990. The Hall–Kier alpha value is -3.36. The summed E-state index contributed by atoms with van der Waals surface area (Å²) in [7, 11) is 0. The second-order valence-electron chi connectivity index (χ2n) is 4.87. The van der Waals surface area contributed by atoms with Gasteiger partial charge in [-0.1, -0.05) is 12.1 Å². The SMILES string of the molecule is O=COC(=O)c1ccc2ncnc(-c3cccc(C(F)(F)F)c3)c2n1. The molecule has 0 amide bonds. The number of benzene rings is 1. The van der Waals surface area contributed by atoms with Gasteiger partial charge in [-0.2, -0.15) is 13.2 Å². The van der Waals surface area contributed by atoms with Crippen molar-refractivity contribution in [1.29, 1.82) is 0 Å². The predicted octanol–water partition coefficient (Wildman–Crippen LogP) is 3.02. The Morgan fingerprint density at radius 2 is 1.92 bits per heavy atom. The van der Waals surface area contributed by atoms with Crippen molar-refractivity contribution < 1.29 is 27.5 Å². The van der Waals surface area contributed by atoms with Crippen LogP contribution in [0.25, 0.3) is 22.3 Å². The van der Waals surface area contributed by atoms with E-state index in [0.717, 1.165) is 12.1 Å². The molecule has 0 fully saturated rings. The molecule has 126 valence electrons. The van der Waals surface area contributed by atoms with Crippen LogP contribution in [0, 0.1) is 0 Å². The molecule has 0 N–H and O–H groups in total. The average Bonchev–Trinajstić information content (AvgIpc) is 2.60. The van der Waals surface area contributed by atoms with E-state index in [1.165, 1.54) is 30.6 Å². The van der Waals surface area contributed by atoms with Crippen molar-refractivity contribution in [3.63, 3.8) is 0 Å². The van der Waals surface area contributed by atoms with Gasteiger partial charge in [0.05, 0.1) is 16.8 Å². The van der Waals surface area contributed by atoms with Crippen molar-refractivity contribution in [2.75, 3.05) is 0 Å². The number of esters is 1. The largest absolute Gasteiger partial charge is 0.416 e. The number of carbonyl (C=O) groups is 2. The molecule has 9 heteroatoms. The van der Waals surface area contributed by atoms with Crippen LogP contribution in [0.4, 0.5) is 13.2 Å². The van der Waals surface area contributed by atoms with Crippen LogP contribution < -0.4 is 0 Å². The Kier molecular flexibility index (Phi) is 4.14. The topological polar surface area (TPSA) is 82.0 Å². The lowest BCUT2D eigenvalue weighted by Crippen LogP contribution is -2.07. The maximum absolute atomic E-state index is 12.9. The lowest BCUT2D eigenvalue weighted by atomic mass is 10.1. The van der Waals surface area contributed by atoms with E-state index in [9.17, 15) is 22.8 Å². The van der Waals surface area contributed by atoms with Crippen molar-refractivity contribution in [3.05, 3.63) is 54.0 Å². The smallest absolute Gasteiger partial charge is 0.391 e. The Morgan fingerprint density at radius 1 is 1.12 bits per heavy atom. The van der Waals surface area contributed by atoms with Gasteiger partial charge in [0.15, 0.2) is 0 Å². The fraction of sp³-hybridized carbons (Fsp3) is 0.0625. The monoisotopic (exact) mass is 347 g/mol. The minimum absolute atomic E-state index is 0.0383. The molecule has 2 aromatic heterocycles. The molecule has 3 rings (SSSR count). The Balaban J connectivity index is 2.18. The van der Waals surface area contributed by atoms with E-state index in [1.54, 1.807) is 0 Å². The number of pyridine rings is 1. The van der Waals surface area contributed by atoms with Crippen molar-refractivity contribution >= 4 is 23.5 Å². The van der Waals surface area contributed by atoms with E-state index < -0.39 is 17.7 Å². The van der Waals surface area contributed by atoms with E-state index in [0.29, 0.717) is 5.52 Å². The number of hydrogen-bond acceptors (Lipinski definition) is 6. The van der Waals surface area contributed by atoms with E-state index >= 15 is 0 Å². The van der Waals surface area contributed by atoms with Crippen LogP contribution in [0.2, 0.25) is 0 Å². The first-order valence-corrected chi connectivity index (χ1v) is 6.84. The maximum Gasteiger partial charge on any atom is 0.416 e. The molecule has 0 saturated heterocycles. The highest BCUT2D eigenvalue weighted by Crippen LogP contribution is 2.33. The number of carbonyl (C=O) groups excluding carboxylic acids is 2. The standard InChI is InChI=1S/C16H8F3N3O3/c17-16(18,19)10-3-1-2-9(6-10)13-14-11(20-7-21-13)4-5-12(22-14)15(24)25-8-23/h1-8H. The highest BCUT2D eigenvalue weighted by Gasteiger charge is 2.30. The van der Waals surface area contributed by atoms with Crippen LogP contribution in [0.15, 0.2) is 42.7 Å². The van der Waals surface area contributed by atoms with Gasteiger partial charge in [-0.3, -0.25) is 4.79 Å². The third-order valence-corrected chi connectivity index (χ3v) is 3.31. The number of alkyl halides is 3. The van der Waals surface area contributed by atoms with Gasteiger partial charge in [0.1, 0.15) is 17.5 Å². The zero-order valence-corrected chi connectivity index (χ0v) is 12.3. The van der Waals surface area contributed by atoms with Gasteiger partial charge in [0.25, 0.3) is 0 Å². The van der Waals surface area contributed by atoms with Gasteiger partial charge >= 0.3 is 18.6 Å². The quantitative estimate of drug-likeness (QED) is 0.411. The molecule has 25 heavy (non-hydrogen) atoms. The van der Waals surface area contributed by atoms with Gasteiger partial charge in [0.2, 0.25) is 0 Å². The van der Waals surface area contributed by atoms with E-state index in [-0.39, 0.29) is 28.9 Å². The normalized spacial score (nSPS) is 11.3. The molecule has 2 heterocycles. The van der Waals surface area contributed by atoms with E-state index in [4.69, 9.17) is 0 Å². The van der Waals surface area contributed by atoms with Gasteiger partial charge in [-0.15, -0.1) is 0 Å². The number of hydrogen-bond donors (Lipinski definition) is 0. The minimum Gasteiger partial charge on any atom is -0.391 e. The molecule has 0 spiro atoms. The molecule has 1 aromatic carbocycles. The molecule has 6 nitrogen and oxygen atoms in total. The van der Waals surface area contributed by atoms with Crippen LogP contribution in [-0.4, -0.2) is 27.4 Å². The summed E-state index contributed by atoms with van der Waals surface area (Å²) in [6.07, 6.45) is -3.33. The van der Waals surface area contributed by atoms with Crippen LogP contribution in [0.5, 0.6) is 0 Å².